The number of carbonyl (C=O) groups is 3. The number of ether oxygens (including phenoxy) is 1. The normalized spacial score (nSPS) is 18.1. The van der Waals surface area contributed by atoms with Gasteiger partial charge < -0.3 is 15.4 Å². The fourth-order valence-electron chi connectivity index (χ4n) is 3.77. The van der Waals surface area contributed by atoms with Crippen molar-refractivity contribution in [3.05, 3.63) is 59.2 Å². The minimum absolute atomic E-state index is 0.319. The maximum Gasteiger partial charge on any atom is 0.325 e. The zero-order valence-electron chi connectivity index (χ0n) is 18.5. The van der Waals surface area contributed by atoms with E-state index >= 15 is 0 Å². The van der Waals surface area contributed by atoms with Crippen LogP contribution in [-0.4, -0.2) is 41.9 Å². The highest BCUT2D eigenvalue weighted by Gasteiger charge is 2.47. The third-order valence-corrected chi connectivity index (χ3v) is 5.72. The summed E-state index contributed by atoms with van der Waals surface area (Å²) in [6.45, 7) is 5.31. The van der Waals surface area contributed by atoms with Crippen LogP contribution >= 0.6 is 0 Å². The van der Waals surface area contributed by atoms with Gasteiger partial charge in [0.05, 0.1) is 7.11 Å². The van der Waals surface area contributed by atoms with E-state index in [0.717, 1.165) is 39.4 Å². The molecule has 2 N–H and O–H groups in total. The van der Waals surface area contributed by atoms with Crippen LogP contribution in [0.2, 0.25) is 0 Å². The summed E-state index contributed by atoms with van der Waals surface area (Å²) < 4.78 is 5.16. The number of carbonyl (C=O) groups excluding carboxylic acids is 3. The molecule has 2 aromatic carbocycles. The molecule has 0 aliphatic carbocycles. The SMILES string of the molecule is CCc1cccc(C)c1NC(=O)CN1C(=O)NC(C)(CCc2ccc(OC)cc2)C1=O. The summed E-state index contributed by atoms with van der Waals surface area (Å²) in [5.74, 6) is -0.0224. The van der Waals surface area contributed by atoms with Gasteiger partial charge in [0.15, 0.2) is 0 Å². The van der Waals surface area contributed by atoms with E-state index in [9.17, 15) is 14.4 Å². The number of hydrogen-bond acceptors (Lipinski definition) is 4. The molecule has 0 spiro atoms. The molecule has 0 radical (unpaired) electrons. The Bertz CT molecular complexity index is 987. The number of rotatable bonds is 8. The van der Waals surface area contributed by atoms with Gasteiger partial charge in [0.25, 0.3) is 5.91 Å². The Kier molecular flexibility index (Phi) is 6.63. The standard InChI is InChI=1S/C24H29N3O4/c1-5-18-8-6-7-16(2)21(18)25-20(28)15-27-22(29)24(3,26-23(27)30)14-13-17-9-11-19(31-4)12-10-17/h6-12H,5,13-15H2,1-4H3,(H,25,28)(H,26,30). The highest BCUT2D eigenvalue weighted by molar-refractivity contribution is 6.10. The number of anilines is 1. The van der Waals surface area contributed by atoms with Gasteiger partial charge in [-0.3, -0.25) is 14.5 Å². The monoisotopic (exact) mass is 423 g/mol. The van der Waals surface area contributed by atoms with Crippen molar-refractivity contribution in [1.82, 2.24) is 10.2 Å². The molecule has 1 unspecified atom stereocenters. The molecular formula is C24H29N3O4. The molecule has 1 atom stereocenters. The number of imide groups is 1. The van der Waals surface area contributed by atoms with Crippen LogP contribution in [0.4, 0.5) is 10.5 Å². The van der Waals surface area contributed by atoms with Gasteiger partial charge in [-0.2, -0.15) is 0 Å². The lowest BCUT2D eigenvalue weighted by Gasteiger charge is -2.22. The number of para-hydroxylation sites is 1. The molecule has 7 heteroatoms. The van der Waals surface area contributed by atoms with Crippen LogP contribution in [0.15, 0.2) is 42.5 Å². The molecule has 3 rings (SSSR count). The zero-order chi connectivity index (χ0) is 22.6. The van der Waals surface area contributed by atoms with Crippen LogP contribution in [0.5, 0.6) is 5.75 Å². The van der Waals surface area contributed by atoms with Gasteiger partial charge >= 0.3 is 6.03 Å². The fraction of sp³-hybridized carbons (Fsp3) is 0.375. The summed E-state index contributed by atoms with van der Waals surface area (Å²) in [7, 11) is 1.61. The molecule has 0 aromatic heterocycles. The summed E-state index contributed by atoms with van der Waals surface area (Å²) in [6.07, 6.45) is 1.80. The molecule has 1 heterocycles. The van der Waals surface area contributed by atoms with Crippen molar-refractivity contribution in [2.24, 2.45) is 0 Å². The van der Waals surface area contributed by atoms with Gasteiger partial charge in [-0.1, -0.05) is 37.3 Å². The number of urea groups is 1. The van der Waals surface area contributed by atoms with E-state index in [1.165, 1.54) is 0 Å². The van der Waals surface area contributed by atoms with E-state index in [-0.39, 0.29) is 12.5 Å². The maximum atomic E-state index is 13.0. The van der Waals surface area contributed by atoms with Gasteiger partial charge in [-0.05, 0) is 61.9 Å². The number of methoxy groups -OCH3 is 1. The fourth-order valence-corrected chi connectivity index (χ4v) is 3.77. The number of aryl methyl sites for hydroxylation is 3. The van der Waals surface area contributed by atoms with E-state index in [4.69, 9.17) is 4.74 Å². The maximum absolute atomic E-state index is 13.0. The number of nitrogens with one attached hydrogen (secondary N) is 2. The molecule has 1 fully saturated rings. The number of benzene rings is 2. The van der Waals surface area contributed by atoms with Crippen LogP contribution in [0.25, 0.3) is 0 Å². The second-order valence-electron chi connectivity index (χ2n) is 8.01. The molecule has 1 saturated heterocycles. The lowest BCUT2D eigenvalue weighted by atomic mass is 9.93. The summed E-state index contributed by atoms with van der Waals surface area (Å²) in [5.41, 5.74) is 2.68. The van der Waals surface area contributed by atoms with Gasteiger partial charge in [0.1, 0.15) is 17.8 Å². The molecule has 0 bridgehead atoms. The van der Waals surface area contributed by atoms with Crippen LogP contribution in [0.3, 0.4) is 0 Å². The Morgan fingerprint density at radius 3 is 2.52 bits per heavy atom. The zero-order valence-corrected chi connectivity index (χ0v) is 18.5. The number of nitrogens with zero attached hydrogens (tertiary/aromatic N) is 1. The van der Waals surface area contributed by atoms with Crippen molar-refractivity contribution in [3.63, 3.8) is 0 Å². The molecule has 2 aromatic rings. The summed E-state index contributed by atoms with van der Waals surface area (Å²) in [5, 5.41) is 5.63. The van der Waals surface area contributed by atoms with E-state index < -0.39 is 17.5 Å². The molecular weight excluding hydrogens is 394 g/mol. The Hall–Kier alpha value is -3.35. The average Bonchev–Trinajstić information content (AvgIpc) is 2.97. The van der Waals surface area contributed by atoms with Crippen LogP contribution in [-0.2, 0) is 22.4 Å². The van der Waals surface area contributed by atoms with Crippen LogP contribution in [0.1, 0.15) is 37.0 Å². The first-order chi connectivity index (χ1) is 14.8. The number of amides is 4. The Balaban J connectivity index is 1.64. The molecule has 164 valence electrons. The van der Waals surface area contributed by atoms with E-state index in [1.54, 1.807) is 14.0 Å². The van der Waals surface area contributed by atoms with Crippen molar-refractivity contribution in [1.29, 1.82) is 0 Å². The van der Waals surface area contributed by atoms with Crippen molar-refractivity contribution in [3.8, 4) is 5.75 Å². The molecule has 31 heavy (non-hydrogen) atoms. The molecule has 4 amide bonds. The van der Waals surface area contributed by atoms with Crippen LogP contribution < -0.4 is 15.4 Å². The lowest BCUT2D eigenvalue weighted by molar-refractivity contribution is -0.133. The van der Waals surface area contributed by atoms with E-state index in [1.807, 2.05) is 56.3 Å². The van der Waals surface area contributed by atoms with Gasteiger partial charge in [-0.15, -0.1) is 0 Å². The molecule has 7 nitrogen and oxygen atoms in total. The highest BCUT2D eigenvalue weighted by Crippen LogP contribution is 2.25. The third-order valence-electron chi connectivity index (χ3n) is 5.72. The summed E-state index contributed by atoms with van der Waals surface area (Å²) in [4.78, 5) is 39.1. The van der Waals surface area contributed by atoms with E-state index in [2.05, 4.69) is 10.6 Å². The van der Waals surface area contributed by atoms with Gasteiger partial charge in [0, 0.05) is 5.69 Å². The van der Waals surface area contributed by atoms with Crippen LogP contribution in [0, 0.1) is 6.92 Å². The van der Waals surface area contributed by atoms with Crippen molar-refractivity contribution in [2.45, 2.75) is 45.6 Å². The van der Waals surface area contributed by atoms with Crippen molar-refractivity contribution in [2.75, 3.05) is 19.0 Å². The van der Waals surface area contributed by atoms with E-state index in [0.29, 0.717) is 12.8 Å². The summed E-state index contributed by atoms with van der Waals surface area (Å²) in [6, 6.07) is 12.8. The highest BCUT2D eigenvalue weighted by atomic mass is 16.5. The van der Waals surface area contributed by atoms with Crippen molar-refractivity contribution < 1.29 is 19.1 Å². The first kappa shape index (κ1) is 22.3. The summed E-state index contributed by atoms with van der Waals surface area (Å²) >= 11 is 0. The molecule has 1 aliphatic heterocycles. The van der Waals surface area contributed by atoms with Gasteiger partial charge in [-0.25, -0.2) is 4.79 Å². The second kappa shape index (κ2) is 9.20. The second-order valence-corrected chi connectivity index (χ2v) is 8.01. The molecule has 1 aliphatic rings. The Labute approximate surface area is 182 Å². The third kappa shape index (κ3) is 4.87. The Morgan fingerprint density at radius 2 is 1.87 bits per heavy atom. The quantitative estimate of drug-likeness (QED) is 0.637. The topological polar surface area (TPSA) is 87.7 Å². The predicted molar refractivity (Wildman–Crippen MR) is 119 cm³/mol. The van der Waals surface area contributed by atoms with Crippen molar-refractivity contribution >= 4 is 23.5 Å². The minimum Gasteiger partial charge on any atom is -0.497 e. The largest absolute Gasteiger partial charge is 0.497 e. The first-order valence-electron chi connectivity index (χ1n) is 10.4. The smallest absolute Gasteiger partial charge is 0.325 e. The number of hydrogen-bond donors (Lipinski definition) is 2. The molecule has 0 saturated carbocycles. The van der Waals surface area contributed by atoms with Gasteiger partial charge in [0.2, 0.25) is 5.91 Å². The lowest BCUT2D eigenvalue weighted by Crippen LogP contribution is -2.45. The first-order valence-corrected chi connectivity index (χ1v) is 10.4. The average molecular weight is 424 g/mol. The Morgan fingerprint density at radius 1 is 1.16 bits per heavy atom. The predicted octanol–water partition coefficient (Wildman–Crippen LogP) is 3.45. The minimum atomic E-state index is -1.05.